The summed E-state index contributed by atoms with van der Waals surface area (Å²) in [6, 6.07) is 5.66. The number of methoxy groups -OCH3 is 1. The second kappa shape index (κ2) is 9.02. The van der Waals surface area contributed by atoms with E-state index in [9.17, 15) is 9.59 Å². The van der Waals surface area contributed by atoms with E-state index in [1.54, 1.807) is 7.11 Å². The lowest BCUT2D eigenvalue weighted by atomic mass is 9.68. The van der Waals surface area contributed by atoms with Gasteiger partial charge in [0.05, 0.1) is 24.7 Å². The molecule has 0 saturated carbocycles. The molecule has 0 amide bonds. The lowest BCUT2D eigenvalue weighted by Crippen LogP contribution is -2.39. The van der Waals surface area contributed by atoms with Crippen LogP contribution in [0.15, 0.2) is 45.2 Å². The van der Waals surface area contributed by atoms with Crippen molar-refractivity contribution in [2.75, 3.05) is 20.3 Å². The van der Waals surface area contributed by atoms with E-state index < -0.39 is 11.9 Å². The minimum Gasteiger partial charge on any atom is -0.496 e. The molecule has 0 unspecified atom stereocenters. The van der Waals surface area contributed by atoms with Gasteiger partial charge in [-0.25, -0.2) is 4.79 Å². The molecule has 7 heteroatoms. The first-order valence-electron chi connectivity index (χ1n) is 11.1. The van der Waals surface area contributed by atoms with Gasteiger partial charge in [0.1, 0.15) is 12.4 Å². The molecule has 0 radical (unpaired) electrons. The first-order chi connectivity index (χ1) is 15.2. The molecular weight excluding hydrogens is 474 g/mol. The number of ether oxygens (including phenoxy) is 3. The Kier molecular flexibility index (Phi) is 6.50. The smallest absolute Gasteiger partial charge is 0.336 e. The van der Waals surface area contributed by atoms with Crippen molar-refractivity contribution in [3.05, 3.63) is 50.8 Å². The minimum absolute atomic E-state index is 0.0488. The summed E-state index contributed by atoms with van der Waals surface area (Å²) in [5, 5.41) is 3.37. The molecule has 2 heterocycles. The number of dihydropyridines is 1. The van der Waals surface area contributed by atoms with Gasteiger partial charge in [0.15, 0.2) is 5.78 Å². The van der Waals surface area contributed by atoms with Gasteiger partial charge in [-0.3, -0.25) is 4.79 Å². The Morgan fingerprint density at radius 1 is 1.31 bits per heavy atom. The Balaban J connectivity index is 1.78. The Morgan fingerprint density at radius 2 is 2.09 bits per heavy atom. The first-order valence-corrected chi connectivity index (χ1v) is 11.9. The molecule has 1 N–H and O–H groups in total. The number of esters is 1. The van der Waals surface area contributed by atoms with Crippen LogP contribution in [-0.2, 0) is 19.1 Å². The van der Waals surface area contributed by atoms with Crippen LogP contribution in [0.2, 0.25) is 0 Å². The van der Waals surface area contributed by atoms with E-state index in [1.165, 1.54) is 0 Å². The van der Waals surface area contributed by atoms with Gasteiger partial charge >= 0.3 is 5.97 Å². The van der Waals surface area contributed by atoms with Crippen LogP contribution in [0.4, 0.5) is 0 Å². The highest BCUT2D eigenvalue weighted by molar-refractivity contribution is 9.10. The number of carbonyl (C=O) groups is 2. The molecule has 1 fully saturated rings. The first kappa shape index (κ1) is 23.1. The molecule has 4 rings (SSSR count). The summed E-state index contributed by atoms with van der Waals surface area (Å²) in [7, 11) is 1.60. The van der Waals surface area contributed by atoms with Crippen LogP contribution in [-0.4, -0.2) is 38.2 Å². The number of Topliss-reactive ketones (excluding diaryl/α,β-unsaturated/α-hetero) is 1. The SMILES string of the molecule is COc1ccc(Br)cc1[C@@H]1C(C(=O)OC[C@@H]2CCCO2)=C(C)NC2=C1C(=O)CC(C)(C)C2. The number of ketones is 1. The van der Waals surface area contributed by atoms with Gasteiger partial charge in [-0.15, -0.1) is 0 Å². The molecule has 3 aliphatic rings. The van der Waals surface area contributed by atoms with Crippen molar-refractivity contribution in [3.8, 4) is 5.75 Å². The van der Waals surface area contributed by atoms with E-state index in [0.717, 1.165) is 35.0 Å². The summed E-state index contributed by atoms with van der Waals surface area (Å²) in [5.41, 5.74) is 3.30. The van der Waals surface area contributed by atoms with Crippen LogP contribution in [0, 0.1) is 5.41 Å². The van der Waals surface area contributed by atoms with Crippen LogP contribution < -0.4 is 10.1 Å². The van der Waals surface area contributed by atoms with Crippen molar-refractivity contribution < 1.29 is 23.8 Å². The lowest BCUT2D eigenvalue weighted by molar-refractivity contribution is -0.142. The zero-order chi connectivity index (χ0) is 23.0. The number of allylic oxidation sites excluding steroid dienone is 3. The number of nitrogens with one attached hydrogen (secondary N) is 1. The third-order valence-electron chi connectivity index (χ3n) is 6.39. The Labute approximate surface area is 197 Å². The van der Waals surface area contributed by atoms with E-state index in [-0.39, 0.29) is 23.9 Å². The molecule has 172 valence electrons. The summed E-state index contributed by atoms with van der Waals surface area (Å²) in [6.07, 6.45) is 2.95. The maximum Gasteiger partial charge on any atom is 0.336 e. The Hall–Kier alpha value is -2.12. The van der Waals surface area contributed by atoms with E-state index in [4.69, 9.17) is 14.2 Å². The number of carbonyl (C=O) groups excluding carboxylic acids is 2. The second-order valence-electron chi connectivity index (χ2n) is 9.55. The normalized spacial score (nSPS) is 24.8. The Bertz CT molecular complexity index is 1000. The zero-order valence-corrected chi connectivity index (χ0v) is 20.6. The fourth-order valence-electron chi connectivity index (χ4n) is 4.97. The molecule has 1 aliphatic carbocycles. The molecule has 1 saturated heterocycles. The largest absolute Gasteiger partial charge is 0.496 e. The van der Waals surface area contributed by atoms with Crippen LogP contribution in [0.5, 0.6) is 5.75 Å². The van der Waals surface area contributed by atoms with Crippen molar-refractivity contribution in [1.29, 1.82) is 0 Å². The van der Waals surface area contributed by atoms with Crippen LogP contribution in [0.3, 0.4) is 0 Å². The van der Waals surface area contributed by atoms with Crippen molar-refractivity contribution in [2.24, 2.45) is 5.41 Å². The van der Waals surface area contributed by atoms with Crippen molar-refractivity contribution in [3.63, 3.8) is 0 Å². The molecule has 1 aromatic carbocycles. The summed E-state index contributed by atoms with van der Waals surface area (Å²) in [4.78, 5) is 26.8. The highest BCUT2D eigenvalue weighted by atomic mass is 79.9. The number of hydrogen-bond donors (Lipinski definition) is 1. The lowest BCUT2D eigenvalue weighted by Gasteiger charge is -2.39. The molecule has 0 bridgehead atoms. The van der Waals surface area contributed by atoms with E-state index in [1.807, 2.05) is 25.1 Å². The van der Waals surface area contributed by atoms with Gasteiger partial charge in [0.25, 0.3) is 0 Å². The predicted octanol–water partition coefficient (Wildman–Crippen LogP) is 4.78. The topological polar surface area (TPSA) is 73.9 Å². The highest BCUT2D eigenvalue weighted by Gasteiger charge is 2.44. The van der Waals surface area contributed by atoms with Crippen LogP contribution in [0.25, 0.3) is 0 Å². The Morgan fingerprint density at radius 3 is 2.78 bits per heavy atom. The van der Waals surface area contributed by atoms with E-state index in [2.05, 4.69) is 35.1 Å². The van der Waals surface area contributed by atoms with Crippen molar-refractivity contribution in [1.82, 2.24) is 5.32 Å². The van der Waals surface area contributed by atoms with Crippen LogP contribution in [0.1, 0.15) is 57.9 Å². The molecule has 0 spiro atoms. The van der Waals surface area contributed by atoms with Gasteiger partial charge in [-0.2, -0.15) is 0 Å². The summed E-state index contributed by atoms with van der Waals surface area (Å²) in [6.45, 7) is 6.97. The molecule has 2 aliphatic heterocycles. The fraction of sp³-hybridized carbons (Fsp3) is 0.520. The fourth-order valence-corrected chi connectivity index (χ4v) is 5.35. The summed E-state index contributed by atoms with van der Waals surface area (Å²) in [5.74, 6) is -0.310. The number of halogens is 1. The average molecular weight is 504 g/mol. The quantitative estimate of drug-likeness (QED) is 0.582. The van der Waals surface area contributed by atoms with E-state index in [0.29, 0.717) is 35.6 Å². The summed E-state index contributed by atoms with van der Waals surface area (Å²) >= 11 is 3.54. The summed E-state index contributed by atoms with van der Waals surface area (Å²) < 4.78 is 17.8. The van der Waals surface area contributed by atoms with E-state index >= 15 is 0 Å². The maximum absolute atomic E-state index is 13.4. The average Bonchev–Trinajstić information content (AvgIpc) is 3.23. The zero-order valence-electron chi connectivity index (χ0n) is 19.0. The molecule has 0 aromatic heterocycles. The standard InChI is InChI=1S/C25H30BrNO5/c1-14-21(24(29)32-13-16-6-5-9-31-16)22(17-10-15(26)7-8-20(17)30-4)23-18(27-14)11-25(2,3)12-19(23)28/h7-8,10,16,22,27H,5-6,9,11-13H2,1-4H3/t16-,22+/m0/s1. The highest BCUT2D eigenvalue weighted by Crippen LogP contribution is 2.49. The minimum atomic E-state index is -0.556. The van der Waals surface area contributed by atoms with Crippen LogP contribution >= 0.6 is 15.9 Å². The molecule has 2 atom stereocenters. The van der Waals surface area contributed by atoms with Crippen molar-refractivity contribution in [2.45, 2.75) is 58.5 Å². The second-order valence-corrected chi connectivity index (χ2v) is 10.5. The number of rotatable bonds is 5. The van der Waals surface area contributed by atoms with Crippen molar-refractivity contribution >= 4 is 27.7 Å². The third kappa shape index (κ3) is 4.50. The van der Waals surface area contributed by atoms with Gasteiger partial charge in [0, 0.05) is 40.0 Å². The third-order valence-corrected chi connectivity index (χ3v) is 6.88. The number of hydrogen-bond acceptors (Lipinski definition) is 6. The predicted molar refractivity (Wildman–Crippen MR) is 124 cm³/mol. The molecule has 32 heavy (non-hydrogen) atoms. The molecule has 1 aromatic rings. The van der Waals surface area contributed by atoms with Gasteiger partial charge in [0.2, 0.25) is 0 Å². The maximum atomic E-state index is 13.4. The monoisotopic (exact) mass is 503 g/mol. The molecular formula is C25H30BrNO5. The number of benzene rings is 1. The van der Waals surface area contributed by atoms with Gasteiger partial charge in [-0.05, 0) is 49.8 Å². The van der Waals surface area contributed by atoms with Gasteiger partial charge in [-0.1, -0.05) is 29.8 Å². The van der Waals surface area contributed by atoms with Gasteiger partial charge < -0.3 is 19.5 Å². The molecule has 6 nitrogen and oxygen atoms in total.